The van der Waals surface area contributed by atoms with Crippen LogP contribution in [0.1, 0.15) is 11.6 Å². The van der Waals surface area contributed by atoms with Crippen LogP contribution >= 0.6 is 11.8 Å². The number of rotatable bonds is 4. The molecule has 0 aliphatic carbocycles. The van der Waals surface area contributed by atoms with Gasteiger partial charge in [0.1, 0.15) is 11.8 Å². The van der Waals surface area contributed by atoms with Crippen LogP contribution in [0.3, 0.4) is 0 Å². The van der Waals surface area contributed by atoms with Gasteiger partial charge in [-0.3, -0.25) is 9.69 Å². The van der Waals surface area contributed by atoms with Crippen LogP contribution in [0.2, 0.25) is 0 Å². The first-order valence-corrected chi connectivity index (χ1v) is 8.06. The van der Waals surface area contributed by atoms with Crippen LogP contribution in [0.5, 0.6) is 5.75 Å². The summed E-state index contributed by atoms with van der Waals surface area (Å²) in [7, 11) is 1.62. The van der Waals surface area contributed by atoms with E-state index >= 15 is 0 Å². The Hall–Kier alpha value is -1.66. The maximum Gasteiger partial charge on any atom is 0.325 e. The molecule has 112 valence electrons. The van der Waals surface area contributed by atoms with Crippen LogP contribution in [0.25, 0.3) is 10.9 Å². The molecule has 1 atom stereocenters. The molecule has 1 aliphatic heterocycles. The number of aliphatic carboxylic acids is 1. The van der Waals surface area contributed by atoms with Crippen molar-refractivity contribution in [2.24, 2.45) is 0 Å². The van der Waals surface area contributed by atoms with Gasteiger partial charge in [-0.1, -0.05) is 12.1 Å². The fourth-order valence-electron chi connectivity index (χ4n) is 2.87. The molecule has 1 saturated heterocycles. The number of H-pyrrole nitrogens is 1. The average Bonchev–Trinajstić information content (AvgIpc) is 2.92. The lowest BCUT2D eigenvalue weighted by atomic mass is 10.0. The second-order valence-electron chi connectivity index (χ2n) is 5.02. The van der Waals surface area contributed by atoms with Gasteiger partial charge in [-0.2, -0.15) is 11.8 Å². The molecule has 5 nitrogen and oxygen atoms in total. The van der Waals surface area contributed by atoms with E-state index < -0.39 is 12.0 Å². The number of nitrogens with one attached hydrogen (secondary N) is 1. The van der Waals surface area contributed by atoms with Gasteiger partial charge in [-0.25, -0.2) is 0 Å². The zero-order valence-corrected chi connectivity index (χ0v) is 12.7. The number of aromatic amines is 1. The summed E-state index contributed by atoms with van der Waals surface area (Å²) in [6.45, 7) is 1.61. The van der Waals surface area contributed by atoms with Gasteiger partial charge in [0, 0.05) is 41.7 Å². The van der Waals surface area contributed by atoms with Crippen molar-refractivity contribution >= 4 is 28.6 Å². The summed E-state index contributed by atoms with van der Waals surface area (Å²) in [5.41, 5.74) is 1.66. The van der Waals surface area contributed by atoms with Crippen molar-refractivity contribution in [3.05, 3.63) is 30.0 Å². The Morgan fingerprint density at radius 2 is 2.19 bits per heavy atom. The summed E-state index contributed by atoms with van der Waals surface area (Å²) in [6, 6.07) is 5.10. The quantitative estimate of drug-likeness (QED) is 0.908. The van der Waals surface area contributed by atoms with E-state index in [2.05, 4.69) is 4.98 Å². The monoisotopic (exact) mass is 306 g/mol. The Kier molecular flexibility index (Phi) is 4.07. The van der Waals surface area contributed by atoms with Gasteiger partial charge in [0.05, 0.1) is 12.6 Å². The summed E-state index contributed by atoms with van der Waals surface area (Å²) in [5, 5.41) is 10.6. The normalized spacial score (nSPS) is 17.8. The molecule has 2 heterocycles. The molecule has 1 aromatic heterocycles. The number of carboxylic acid groups (broad SMARTS) is 1. The van der Waals surface area contributed by atoms with Crippen molar-refractivity contribution < 1.29 is 14.6 Å². The van der Waals surface area contributed by atoms with Crippen molar-refractivity contribution in [1.29, 1.82) is 0 Å². The van der Waals surface area contributed by atoms with Gasteiger partial charge in [0.2, 0.25) is 0 Å². The summed E-state index contributed by atoms with van der Waals surface area (Å²) in [5.74, 6) is 1.90. The lowest BCUT2D eigenvalue weighted by Gasteiger charge is -2.31. The van der Waals surface area contributed by atoms with Crippen molar-refractivity contribution in [3.8, 4) is 5.75 Å². The number of fused-ring (bicyclic) bond motifs is 1. The predicted molar refractivity (Wildman–Crippen MR) is 84.1 cm³/mol. The topological polar surface area (TPSA) is 65.6 Å². The molecule has 1 unspecified atom stereocenters. The Morgan fingerprint density at radius 3 is 2.86 bits per heavy atom. The van der Waals surface area contributed by atoms with E-state index in [1.807, 2.05) is 34.9 Å². The third-order valence-electron chi connectivity index (χ3n) is 3.87. The van der Waals surface area contributed by atoms with Crippen LogP contribution < -0.4 is 4.74 Å². The largest absolute Gasteiger partial charge is 0.495 e. The molecular formula is C15H18N2O3S. The summed E-state index contributed by atoms with van der Waals surface area (Å²) >= 11 is 1.87. The van der Waals surface area contributed by atoms with E-state index in [9.17, 15) is 9.90 Å². The summed E-state index contributed by atoms with van der Waals surface area (Å²) in [4.78, 5) is 17.0. The van der Waals surface area contributed by atoms with E-state index in [0.717, 1.165) is 46.8 Å². The molecule has 2 aromatic rings. The molecule has 0 saturated carbocycles. The van der Waals surface area contributed by atoms with Gasteiger partial charge in [0.25, 0.3) is 0 Å². The highest BCUT2D eigenvalue weighted by molar-refractivity contribution is 7.99. The highest BCUT2D eigenvalue weighted by Gasteiger charge is 2.30. The van der Waals surface area contributed by atoms with Crippen molar-refractivity contribution in [2.75, 3.05) is 31.7 Å². The number of aromatic nitrogens is 1. The second kappa shape index (κ2) is 5.99. The van der Waals surface area contributed by atoms with E-state index in [-0.39, 0.29) is 0 Å². The van der Waals surface area contributed by atoms with Crippen LogP contribution in [0.4, 0.5) is 0 Å². The average molecular weight is 306 g/mol. The van der Waals surface area contributed by atoms with Gasteiger partial charge in [-0.05, 0) is 6.07 Å². The number of para-hydroxylation sites is 1. The molecule has 0 spiro atoms. The Bertz CT molecular complexity index is 649. The van der Waals surface area contributed by atoms with Crippen molar-refractivity contribution in [3.63, 3.8) is 0 Å². The SMILES string of the molecule is COc1cccc2c(C(C(=O)O)N3CCSCC3)c[nH]c12. The number of hydrogen-bond donors (Lipinski definition) is 2. The minimum atomic E-state index is -0.800. The standard InChI is InChI=1S/C15H18N2O3S/c1-20-12-4-2-3-10-11(9-16-13(10)12)14(15(18)19)17-5-7-21-8-6-17/h2-4,9,14,16H,5-8H2,1H3,(H,18,19). The Morgan fingerprint density at radius 1 is 1.43 bits per heavy atom. The third kappa shape index (κ3) is 2.61. The van der Waals surface area contributed by atoms with Crippen LogP contribution in [0.15, 0.2) is 24.4 Å². The van der Waals surface area contributed by atoms with Gasteiger partial charge < -0.3 is 14.8 Å². The van der Waals surface area contributed by atoms with Crippen molar-refractivity contribution in [1.82, 2.24) is 9.88 Å². The smallest absolute Gasteiger partial charge is 0.325 e. The zero-order valence-electron chi connectivity index (χ0n) is 11.8. The zero-order chi connectivity index (χ0) is 14.8. The summed E-state index contributed by atoms with van der Waals surface area (Å²) in [6.07, 6.45) is 1.80. The maximum absolute atomic E-state index is 11.8. The highest BCUT2D eigenvalue weighted by Crippen LogP contribution is 2.33. The first-order valence-electron chi connectivity index (χ1n) is 6.91. The minimum absolute atomic E-state index is 0.605. The molecule has 2 N–H and O–H groups in total. The van der Waals surface area contributed by atoms with E-state index in [1.165, 1.54) is 0 Å². The molecule has 1 aromatic carbocycles. The van der Waals surface area contributed by atoms with Crippen molar-refractivity contribution in [2.45, 2.75) is 6.04 Å². The number of benzene rings is 1. The molecule has 0 amide bonds. The van der Waals surface area contributed by atoms with Gasteiger partial charge in [-0.15, -0.1) is 0 Å². The Balaban J connectivity index is 2.05. The van der Waals surface area contributed by atoms with Gasteiger partial charge >= 0.3 is 5.97 Å². The molecule has 21 heavy (non-hydrogen) atoms. The van der Waals surface area contributed by atoms with Crippen LogP contribution in [-0.4, -0.2) is 52.7 Å². The fourth-order valence-corrected chi connectivity index (χ4v) is 3.80. The lowest BCUT2D eigenvalue weighted by molar-refractivity contribution is -0.143. The predicted octanol–water partition coefficient (Wildman–Crippen LogP) is 2.35. The van der Waals surface area contributed by atoms with E-state index in [1.54, 1.807) is 13.3 Å². The van der Waals surface area contributed by atoms with E-state index in [0.29, 0.717) is 0 Å². The first-order chi connectivity index (χ1) is 10.2. The third-order valence-corrected chi connectivity index (χ3v) is 4.81. The van der Waals surface area contributed by atoms with E-state index in [4.69, 9.17) is 4.74 Å². The summed E-state index contributed by atoms with van der Waals surface area (Å²) < 4.78 is 5.33. The molecule has 6 heteroatoms. The highest BCUT2D eigenvalue weighted by atomic mass is 32.2. The van der Waals surface area contributed by atoms with Crippen LogP contribution in [0, 0.1) is 0 Å². The number of nitrogens with zero attached hydrogens (tertiary/aromatic N) is 1. The molecular weight excluding hydrogens is 288 g/mol. The Labute approximate surface area is 127 Å². The number of ether oxygens (including phenoxy) is 1. The number of carbonyl (C=O) groups is 1. The van der Waals surface area contributed by atoms with Crippen LogP contribution in [-0.2, 0) is 4.79 Å². The number of carboxylic acids is 1. The first kappa shape index (κ1) is 14.3. The molecule has 0 bridgehead atoms. The lowest BCUT2D eigenvalue weighted by Crippen LogP contribution is -2.39. The fraction of sp³-hybridized carbons (Fsp3) is 0.400. The molecule has 0 radical (unpaired) electrons. The molecule has 1 aliphatic rings. The number of thioether (sulfide) groups is 1. The second-order valence-corrected chi connectivity index (χ2v) is 6.24. The van der Waals surface area contributed by atoms with Gasteiger partial charge in [0.15, 0.2) is 0 Å². The number of hydrogen-bond acceptors (Lipinski definition) is 4. The maximum atomic E-state index is 11.8. The molecule has 3 rings (SSSR count). The molecule has 1 fully saturated rings. The minimum Gasteiger partial charge on any atom is -0.495 e. The number of methoxy groups -OCH3 is 1.